The van der Waals surface area contributed by atoms with Crippen LogP contribution in [-0.4, -0.2) is 58.4 Å². The average Bonchev–Trinajstić information content (AvgIpc) is 2.41. The standard InChI is InChI=1S/C9H16O6/c1-4(10)3-14-9-7(13)6(12)8(15-9)5(2)11/h5-9,11-13H,3H2,1-2H3/t5-,6-,7-,8?,9-/m1/s1. The van der Waals surface area contributed by atoms with E-state index in [4.69, 9.17) is 9.47 Å². The number of Topliss-reactive ketones (excluding diaryl/α,β-unsaturated/α-hetero) is 1. The molecule has 88 valence electrons. The minimum absolute atomic E-state index is 0.193. The van der Waals surface area contributed by atoms with Crippen LogP contribution in [0.1, 0.15) is 13.8 Å². The number of ether oxygens (including phenoxy) is 2. The fraction of sp³-hybridized carbons (Fsp3) is 0.889. The third-order valence-electron chi connectivity index (χ3n) is 2.18. The van der Waals surface area contributed by atoms with Crippen molar-refractivity contribution in [3.8, 4) is 0 Å². The molecule has 15 heavy (non-hydrogen) atoms. The Morgan fingerprint density at radius 3 is 2.47 bits per heavy atom. The van der Waals surface area contributed by atoms with E-state index < -0.39 is 30.7 Å². The summed E-state index contributed by atoms with van der Waals surface area (Å²) in [5, 5.41) is 28.1. The number of carbonyl (C=O) groups excluding carboxylic acids is 1. The molecule has 0 aromatic rings. The first-order valence-electron chi connectivity index (χ1n) is 4.74. The molecule has 0 aliphatic carbocycles. The van der Waals surface area contributed by atoms with Crippen LogP contribution in [0.3, 0.4) is 0 Å². The van der Waals surface area contributed by atoms with Gasteiger partial charge < -0.3 is 24.8 Å². The van der Waals surface area contributed by atoms with Gasteiger partial charge in [-0.1, -0.05) is 0 Å². The maximum atomic E-state index is 10.6. The monoisotopic (exact) mass is 220 g/mol. The number of aliphatic hydroxyl groups is 3. The molecule has 0 bridgehead atoms. The van der Waals surface area contributed by atoms with Gasteiger partial charge in [0, 0.05) is 0 Å². The molecule has 0 aromatic heterocycles. The van der Waals surface area contributed by atoms with E-state index in [1.54, 1.807) is 0 Å². The number of rotatable bonds is 4. The Kier molecular flexibility index (Phi) is 4.18. The molecule has 3 N–H and O–H groups in total. The Morgan fingerprint density at radius 1 is 1.47 bits per heavy atom. The molecule has 6 heteroatoms. The van der Waals surface area contributed by atoms with Crippen LogP contribution in [0.4, 0.5) is 0 Å². The Bertz CT molecular complexity index is 229. The van der Waals surface area contributed by atoms with E-state index in [9.17, 15) is 20.1 Å². The smallest absolute Gasteiger partial charge is 0.187 e. The van der Waals surface area contributed by atoms with Gasteiger partial charge in [-0.15, -0.1) is 0 Å². The number of hydrogen-bond donors (Lipinski definition) is 3. The lowest BCUT2D eigenvalue weighted by Crippen LogP contribution is -2.37. The number of aliphatic hydroxyl groups excluding tert-OH is 3. The van der Waals surface area contributed by atoms with Gasteiger partial charge in [-0.05, 0) is 13.8 Å². The van der Waals surface area contributed by atoms with Gasteiger partial charge in [0.05, 0.1) is 6.10 Å². The molecule has 1 aliphatic heterocycles. The molecule has 1 heterocycles. The van der Waals surface area contributed by atoms with E-state index in [-0.39, 0.29) is 12.4 Å². The number of ketones is 1. The van der Waals surface area contributed by atoms with Crippen LogP contribution < -0.4 is 0 Å². The van der Waals surface area contributed by atoms with Crippen LogP contribution in [0.15, 0.2) is 0 Å². The first-order chi connectivity index (χ1) is 6.93. The van der Waals surface area contributed by atoms with Crippen LogP contribution in [0.25, 0.3) is 0 Å². The Morgan fingerprint density at radius 2 is 2.07 bits per heavy atom. The maximum absolute atomic E-state index is 10.6. The predicted octanol–water partition coefficient (Wildman–Crippen LogP) is -1.58. The lowest BCUT2D eigenvalue weighted by Gasteiger charge is -2.16. The van der Waals surface area contributed by atoms with Crippen molar-refractivity contribution in [2.45, 2.75) is 44.6 Å². The summed E-state index contributed by atoms with van der Waals surface area (Å²) in [5.41, 5.74) is 0. The van der Waals surface area contributed by atoms with Crippen molar-refractivity contribution in [2.24, 2.45) is 0 Å². The van der Waals surface area contributed by atoms with Crippen molar-refractivity contribution < 1.29 is 29.6 Å². The molecule has 0 spiro atoms. The summed E-state index contributed by atoms with van der Waals surface area (Å²) in [6, 6.07) is 0. The van der Waals surface area contributed by atoms with Crippen molar-refractivity contribution in [3.05, 3.63) is 0 Å². The van der Waals surface area contributed by atoms with E-state index in [1.165, 1.54) is 13.8 Å². The SMILES string of the molecule is CC(=O)CO[C@@H]1OC([C@@H](C)O)[C@H](O)[C@H]1O. The molecule has 0 saturated carbocycles. The second-order valence-corrected chi connectivity index (χ2v) is 3.70. The molecule has 1 aliphatic rings. The zero-order valence-corrected chi connectivity index (χ0v) is 8.66. The quantitative estimate of drug-likeness (QED) is 0.529. The van der Waals surface area contributed by atoms with Gasteiger partial charge in [-0.2, -0.15) is 0 Å². The van der Waals surface area contributed by atoms with Crippen LogP contribution >= 0.6 is 0 Å². The normalized spacial score (nSPS) is 37.9. The molecule has 5 atom stereocenters. The van der Waals surface area contributed by atoms with Crippen molar-refractivity contribution in [3.63, 3.8) is 0 Å². The maximum Gasteiger partial charge on any atom is 0.187 e. The first kappa shape index (κ1) is 12.5. The highest BCUT2D eigenvalue weighted by Crippen LogP contribution is 2.24. The highest BCUT2D eigenvalue weighted by molar-refractivity contribution is 5.76. The lowest BCUT2D eigenvalue weighted by molar-refractivity contribution is -0.179. The van der Waals surface area contributed by atoms with Crippen LogP contribution in [0.5, 0.6) is 0 Å². The lowest BCUT2D eigenvalue weighted by atomic mass is 10.1. The molecule has 0 radical (unpaired) electrons. The van der Waals surface area contributed by atoms with E-state index in [0.29, 0.717) is 0 Å². The summed E-state index contributed by atoms with van der Waals surface area (Å²) in [6.45, 7) is 2.58. The zero-order valence-electron chi connectivity index (χ0n) is 8.66. The largest absolute Gasteiger partial charge is 0.391 e. The first-order valence-corrected chi connectivity index (χ1v) is 4.74. The summed E-state index contributed by atoms with van der Waals surface area (Å²) >= 11 is 0. The second-order valence-electron chi connectivity index (χ2n) is 3.70. The Balaban J connectivity index is 2.51. The van der Waals surface area contributed by atoms with E-state index in [2.05, 4.69) is 0 Å². The van der Waals surface area contributed by atoms with Crippen LogP contribution in [0, 0.1) is 0 Å². The predicted molar refractivity (Wildman–Crippen MR) is 49.0 cm³/mol. The molecule has 1 rings (SSSR count). The average molecular weight is 220 g/mol. The molecule has 1 fully saturated rings. The van der Waals surface area contributed by atoms with Crippen molar-refractivity contribution in [1.29, 1.82) is 0 Å². The Labute approximate surface area is 87.4 Å². The van der Waals surface area contributed by atoms with Gasteiger partial charge in [-0.25, -0.2) is 0 Å². The summed E-state index contributed by atoms with van der Waals surface area (Å²) in [6.07, 6.45) is -5.33. The van der Waals surface area contributed by atoms with E-state index in [1.807, 2.05) is 0 Å². The van der Waals surface area contributed by atoms with Gasteiger partial charge >= 0.3 is 0 Å². The molecular weight excluding hydrogens is 204 g/mol. The molecular formula is C9H16O6. The van der Waals surface area contributed by atoms with Crippen molar-refractivity contribution >= 4 is 5.78 Å². The van der Waals surface area contributed by atoms with Crippen molar-refractivity contribution in [1.82, 2.24) is 0 Å². The topological polar surface area (TPSA) is 96.2 Å². The van der Waals surface area contributed by atoms with Gasteiger partial charge in [0.25, 0.3) is 0 Å². The second kappa shape index (κ2) is 5.00. The third kappa shape index (κ3) is 2.96. The molecule has 0 aromatic carbocycles. The fourth-order valence-electron chi connectivity index (χ4n) is 1.41. The summed E-state index contributed by atoms with van der Waals surface area (Å²) < 4.78 is 10.0. The number of hydrogen-bond acceptors (Lipinski definition) is 6. The van der Waals surface area contributed by atoms with Gasteiger partial charge in [0.2, 0.25) is 0 Å². The van der Waals surface area contributed by atoms with Gasteiger partial charge in [0.15, 0.2) is 12.1 Å². The molecule has 1 saturated heterocycles. The van der Waals surface area contributed by atoms with Gasteiger partial charge in [-0.3, -0.25) is 4.79 Å². The van der Waals surface area contributed by atoms with Gasteiger partial charge in [0.1, 0.15) is 24.9 Å². The highest BCUT2D eigenvalue weighted by atomic mass is 16.7. The number of carbonyl (C=O) groups is 1. The van der Waals surface area contributed by atoms with E-state index in [0.717, 1.165) is 0 Å². The van der Waals surface area contributed by atoms with Crippen LogP contribution in [0.2, 0.25) is 0 Å². The minimum atomic E-state index is -1.25. The molecule has 6 nitrogen and oxygen atoms in total. The fourth-order valence-corrected chi connectivity index (χ4v) is 1.41. The van der Waals surface area contributed by atoms with Crippen molar-refractivity contribution in [2.75, 3.05) is 6.61 Å². The molecule has 0 amide bonds. The third-order valence-corrected chi connectivity index (χ3v) is 2.18. The minimum Gasteiger partial charge on any atom is -0.391 e. The Hall–Kier alpha value is -0.530. The zero-order chi connectivity index (χ0) is 11.6. The molecule has 1 unspecified atom stereocenters. The van der Waals surface area contributed by atoms with Crippen LogP contribution in [-0.2, 0) is 14.3 Å². The summed E-state index contributed by atoms with van der Waals surface area (Å²) in [7, 11) is 0. The highest BCUT2D eigenvalue weighted by Gasteiger charge is 2.45. The van der Waals surface area contributed by atoms with E-state index >= 15 is 0 Å². The summed E-state index contributed by atoms with van der Waals surface area (Å²) in [4.78, 5) is 10.6. The summed E-state index contributed by atoms with van der Waals surface area (Å²) in [5.74, 6) is -0.208.